The first-order chi connectivity index (χ1) is 6.35. The van der Waals surface area contributed by atoms with Crippen LogP contribution in [-0.4, -0.2) is 33.7 Å². The Hall–Kier alpha value is -0.420. The van der Waals surface area contributed by atoms with Crippen molar-refractivity contribution < 1.29 is 9.00 Å². The van der Waals surface area contributed by atoms with Gasteiger partial charge in [0.15, 0.2) is 0 Å². The van der Waals surface area contributed by atoms with Crippen LogP contribution in [-0.2, 0) is 15.6 Å². The summed E-state index contributed by atoms with van der Waals surface area (Å²) in [5.74, 6) is 0.787. The Morgan fingerprint density at radius 1 is 1.50 bits per heavy atom. The number of rotatable bonds is 6. The summed E-state index contributed by atoms with van der Waals surface area (Å²) >= 11 is 0. The van der Waals surface area contributed by atoms with Gasteiger partial charge in [-0.1, -0.05) is 0 Å². The maximum absolute atomic E-state index is 11.4. The number of hydrogen-bond acceptors (Lipinski definition) is 3. The van der Waals surface area contributed by atoms with E-state index in [1.54, 1.807) is 0 Å². The molecule has 0 radical (unpaired) electrons. The van der Waals surface area contributed by atoms with Gasteiger partial charge in [-0.05, 0) is 20.8 Å². The summed E-state index contributed by atoms with van der Waals surface area (Å²) in [6.45, 7) is 6.14. The summed E-state index contributed by atoms with van der Waals surface area (Å²) in [5, 5.41) is 2.66. The number of amides is 1. The molecule has 1 unspecified atom stereocenters. The lowest BCUT2D eigenvalue weighted by Gasteiger charge is -2.17. The van der Waals surface area contributed by atoms with Crippen LogP contribution in [0.15, 0.2) is 0 Å². The summed E-state index contributed by atoms with van der Waals surface area (Å²) in [4.78, 5) is 11.0. The average Bonchev–Trinajstić information content (AvgIpc) is 1.98. The molecule has 0 heterocycles. The molecule has 1 amide bonds. The van der Waals surface area contributed by atoms with Crippen molar-refractivity contribution in [2.24, 2.45) is 5.73 Å². The topological polar surface area (TPSA) is 72.2 Å². The second kappa shape index (κ2) is 6.14. The molecular formula is C9H20N2O2S. The summed E-state index contributed by atoms with van der Waals surface area (Å²) in [5.41, 5.74) is 5.28. The number of nitrogens with one attached hydrogen (secondary N) is 1. The molecule has 0 aliphatic rings. The highest BCUT2D eigenvalue weighted by molar-refractivity contribution is 7.85. The lowest BCUT2D eigenvalue weighted by Crippen LogP contribution is -2.39. The van der Waals surface area contributed by atoms with E-state index in [1.807, 2.05) is 20.8 Å². The molecule has 0 aromatic heterocycles. The van der Waals surface area contributed by atoms with E-state index in [0.29, 0.717) is 24.5 Å². The van der Waals surface area contributed by atoms with Crippen LogP contribution in [0.25, 0.3) is 0 Å². The smallest absolute Gasteiger partial charge is 0.220 e. The lowest BCUT2D eigenvalue weighted by molar-refractivity contribution is -0.120. The summed E-state index contributed by atoms with van der Waals surface area (Å²) < 4.78 is 11.4. The molecule has 3 N–H and O–H groups in total. The van der Waals surface area contributed by atoms with E-state index in [4.69, 9.17) is 5.73 Å². The van der Waals surface area contributed by atoms with Crippen molar-refractivity contribution in [2.75, 3.05) is 18.1 Å². The van der Waals surface area contributed by atoms with E-state index in [2.05, 4.69) is 5.32 Å². The first kappa shape index (κ1) is 13.6. The van der Waals surface area contributed by atoms with E-state index in [1.165, 1.54) is 0 Å². The fourth-order valence-corrected chi connectivity index (χ4v) is 2.37. The molecule has 14 heavy (non-hydrogen) atoms. The zero-order chi connectivity index (χ0) is 11.2. The van der Waals surface area contributed by atoms with Crippen LogP contribution >= 0.6 is 0 Å². The predicted octanol–water partition coefficient (Wildman–Crippen LogP) is -0.00140. The molecule has 0 bridgehead atoms. The van der Waals surface area contributed by atoms with Gasteiger partial charge in [-0.25, -0.2) is 0 Å². The van der Waals surface area contributed by atoms with Gasteiger partial charge in [0.25, 0.3) is 0 Å². The average molecular weight is 220 g/mol. The van der Waals surface area contributed by atoms with Crippen LogP contribution in [0.3, 0.4) is 0 Å². The van der Waals surface area contributed by atoms with Crippen molar-refractivity contribution in [3.05, 3.63) is 0 Å². The Kier molecular flexibility index (Phi) is 5.95. The Bertz CT molecular complexity index is 211. The third kappa shape index (κ3) is 8.19. The van der Waals surface area contributed by atoms with Crippen molar-refractivity contribution in [1.82, 2.24) is 5.32 Å². The van der Waals surface area contributed by atoms with Gasteiger partial charge >= 0.3 is 0 Å². The van der Waals surface area contributed by atoms with Gasteiger partial charge in [0.2, 0.25) is 5.91 Å². The molecule has 0 fully saturated rings. The molecule has 0 spiro atoms. The molecule has 4 nitrogen and oxygen atoms in total. The van der Waals surface area contributed by atoms with Crippen molar-refractivity contribution in [1.29, 1.82) is 0 Å². The molecule has 84 valence electrons. The highest BCUT2D eigenvalue weighted by Gasteiger charge is 2.15. The Labute approximate surface area is 88.1 Å². The fraction of sp³-hybridized carbons (Fsp3) is 0.889. The third-order valence-electron chi connectivity index (χ3n) is 1.46. The molecule has 0 saturated carbocycles. The Morgan fingerprint density at radius 3 is 2.50 bits per heavy atom. The maximum atomic E-state index is 11.4. The van der Waals surface area contributed by atoms with Gasteiger partial charge in [0.05, 0.1) is 0 Å². The molecule has 0 aromatic rings. The van der Waals surface area contributed by atoms with Crippen molar-refractivity contribution in [3.8, 4) is 0 Å². The van der Waals surface area contributed by atoms with E-state index in [-0.39, 0.29) is 5.91 Å². The highest BCUT2D eigenvalue weighted by atomic mass is 32.2. The highest BCUT2D eigenvalue weighted by Crippen LogP contribution is 2.00. The molecule has 0 aromatic carbocycles. The Balaban J connectivity index is 3.70. The van der Waals surface area contributed by atoms with Gasteiger partial charge in [-0.3, -0.25) is 9.00 Å². The lowest BCUT2D eigenvalue weighted by atomic mass is 10.1. The molecule has 0 aliphatic carbocycles. The number of nitrogens with two attached hydrogens (primary N) is 1. The minimum absolute atomic E-state index is 0.0457. The van der Waals surface area contributed by atoms with Crippen molar-refractivity contribution in [3.63, 3.8) is 0 Å². The van der Waals surface area contributed by atoms with Gasteiger partial charge in [0, 0.05) is 40.8 Å². The van der Waals surface area contributed by atoms with Crippen LogP contribution in [0.5, 0.6) is 0 Å². The van der Waals surface area contributed by atoms with Crippen LogP contribution in [0.1, 0.15) is 27.2 Å². The van der Waals surface area contributed by atoms with Crippen LogP contribution in [0.4, 0.5) is 0 Å². The molecule has 0 saturated heterocycles. The molecule has 5 heteroatoms. The number of hydrogen-bond donors (Lipinski definition) is 2. The van der Waals surface area contributed by atoms with Crippen molar-refractivity contribution in [2.45, 2.75) is 32.7 Å². The molecule has 0 rings (SSSR count). The second-order valence-electron chi connectivity index (χ2n) is 3.98. The third-order valence-corrected chi connectivity index (χ3v) is 3.19. The summed E-state index contributed by atoms with van der Waals surface area (Å²) in [7, 11) is -0.999. The van der Waals surface area contributed by atoms with E-state index in [0.717, 1.165) is 0 Å². The molecular weight excluding hydrogens is 200 g/mol. The second-order valence-corrected chi connectivity index (χ2v) is 5.56. The first-order valence-corrected chi connectivity index (χ1v) is 6.24. The standard InChI is InChI=1S/C9H20N2O2S/c1-4-11-8(12)5-6-14(13)7-9(2,3)10/h4-7,10H2,1-3H3,(H,11,12). The fourth-order valence-electron chi connectivity index (χ4n) is 0.979. The van der Waals surface area contributed by atoms with Crippen LogP contribution in [0.2, 0.25) is 0 Å². The van der Waals surface area contributed by atoms with Gasteiger partial charge in [0.1, 0.15) is 0 Å². The maximum Gasteiger partial charge on any atom is 0.220 e. The van der Waals surface area contributed by atoms with Crippen molar-refractivity contribution >= 4 is 16.7 Å². The summed E-state index contributed by atoms with van der Waals surface area (Å²) in [6, 6.07) is 0. The zero-order valence-corrected chi connectivity index (χ0v) is 9.95. The predicted molar refractivity (Wildman–Crippen MR) is 59.4 cm³/mol. The normalized spacial score (nSPS) is 13.7. The SMILES string of the molecule is CCNC(=O)CCS(=O)CC(C)(C)N. The number of carbonyl (C=O) groups excluding carboxylic acids is 1. The monoisotopic (exact) mass is 220 g/mol. The van der Waals surface area contributed by atoms with Gasteiger partial charge < -0.3 is 11.1 Å². The minimum atomic E-state index is -0.999. The van der Waals surface area contributed by atoms with Crippen LogP contribution < -0.4 is 11.1 Å². The minimum Gasteiger partial charge on any atom is -0.356 e. The quantitative estimate of drug-likeness (QED) is 0.662. The zero-order valence-electron chi connectivity index (χ0n) is 9.13. The number of carbonyl (C=O) groups is 1. The Morgan fingerprint density at radius 2 is 2.07 bits per heavy atom. The van der Waals surface area contributed by atoms with E-state index < -0.39 is 16.3 Å². The first-order valence-electron chi connectivity index (χ1n) is 4.75. The molecule has 0 aliphatic heterocycles. The molecule has 1 atom stereocenters. The van der Waals surface area contributed by atoms with Gasteiger partial charge in [-0.15, -0.1) is 0 Å². The van der Waals surface area contributed by atoms with E-state index >= 15 is 0 Å². The van der Waals surface area contributed by atoms with Gasteiger partial charge in [-0.2, -0.15) is 0 Å². The van der Waals surface area contributed by atoms with E-state index in [9.17, 15) is 9.00 Å². The summed E-state index contributed by atoms with van der Waals surface area (Å²) in [6.07, 6.45) is 0.316. The largest absolute Gasteiger partial charge is 0.356 e. The van der Waals surface area contributed by atoms with Crippen LogP contribution in [0, 0.1) is 0 Å².